The summed E-state index contributed by atoms with van der Waals surface area (Å²) in [6.45, 7) is 3.15. The first-order valence-corrected chi connectivity index (χ1v) is 10.0. The van der Waals surface area contributed by atoms with Gasteiger partial charge in [0.2, 0.25) is 0 Å². The number of rotatable bonds is 4. The molecule has 2 aromatic heterocycles. The highest BCUT2D eigenvalue weighted by Crippen LogP contribution is 2.37. The third-order valence-electron chi connectivity index (χ3n) is 5.72. The molecule has 3 aliphatic heterocycles. The standard InChI is InChI=1S/C20H21FN4S/c21-11-14-1-3-16(4-2-14)19-5-6-20(26-19)17-12-25(23-22-17)18-13-24-9-7-15(18)8-10-24/h1-6,12,15,18H,7-11,13H2/t18-/m0/s1/i21-1. The number of halogens is 1. The summed E-state index contributed by atoms with van der Waals surface area (Å²) in [4.78, 5) is 4.83. The number of benzene rings is 1. The van der Waals surface area contributed by atoms with Gasteiger partial charge in [0.15, 0.2) is 0 Å². The quantitative estimate of drug-likeness (QED) is 0.685. The van der Waals surface area contributed by atoms with Crippen LogP contribution in [0.4, 0.5) is 4.39 Å². The van der Waals surface area contributed by atoms with Gasteiger partial charge in [0.05, 0.1) is 17.1 Å². The Morgan fingerprint density at radius 2 is 1.81 bits per heavy atom. The van der Waals surface area contributed by atoms with Crippen molar-refractivity contribution >= 4 is 11.3 Å². The van der Waals surface area contributed by atoms with Crippen LogP contribution in [0, 0.1) is 5.92 Å². The Morgan fingerprint density at radius 1 is 1.04 bits per heavy atom. The monoisotopic (exact) mass is 367 g/mol. The molecule has 6 heteroatoms. The Hall–Kier alpha value is -2.05. The molecule has 0 aliphatic carbocycles. The second kappa shape index (κ2) is 6.59. The zero-order valence-corrected chi connectivity index (χ0v) is 15.3. The lowest BCUT2D eigenvalue weighted by Crippen LogP contribution is -2.48. The molecule has 0 amide bonds. The van der Waals surface area contributed by atoms with E-state index in [2.05, 4.69) is 38.2 Å². The highest BCUT2D eigenvalue weighted by molar-refractivity contribution is 7.18. The largest absolute Gasteiger partial charge is 0.301 e. The topological polar surface area (TPSA) is 34.0 Å². The number of alkyl halides is 1. The Bertz CT molecular complexity index is 893. The molecule has 5 heterocycles. The summed E-state index contributed by atoms with van der Waals surface area (Å²) in [6, 6.07) is 12.3. The maximum atomic E-state index is 12.7. The number of hydrogen-bond acceptors (Lipinski definition) is 4. The first-order valence-electron chi connectivity index (χ1n) is 9.20. The van der Waals surface area contributed by atoms with Gasteiger partial charge >= 0.3 is 0 Å². The number of hydrogen-bond donors (Lipinski definition) is 0. The second-order valence-corrected chi connectivity index (χ2v) is 8.37. The van der Waals surface area contributed by atoms with E-state index >= 15 is 0 Å². The minimum absolute atomic E-state index is 0.418. The van der Waals surface area contributed by atoms with Crippen LogP contribution in [0.3, 0.4) is 0 Å². The normalized spacial score (nSPS) is 24.9. The van der Waals surface area contributed by atoms with E-state index in [1.165, 1.54) is 30.8 Å². The maximum absolute atomic E-state index is 12.7. The molecule has 0 unspecified atom stereocenters. The molecule has 4 nitrogen and oxygen atoms in total. The molecule has 3 aliphatic rings. The van der Waals surface area contributed by atoms with E-state index in [1.54, 1.807) is 11.3 Å². The number of piperidine rings is 3. The van der Waals surface area contributed by atoms with E-state index in [1.807, 2.05) is 24.3 Å². The van der Waals surface area contributed by atoms with Crippen molar-refractivity contribution in [3.05, 3.63) is 48.2 Å². The highest BCUT2D eigenvalue weighted by atomic mass is 32.1. The molecule has 6 rings (SSSR count). The third-order valence-corrected chi connectivity index (χ3v) is 6.88. The summed E-state index contributed by atoms with van der Waals surface area (Å²) in [7, 11) is 0. The van der Waals surface area contributed by atoms with Crippen LogP contribution < -0.4 is 0 Å². The molecular weight excluding hydrogens is 346 g/mol. The average molecular weight is 367 g/mol. The Kier molecular flexibility index (Phi) is 4.10. The van der Waals surface area contributed by atoms with Gasteiger partial charge in [-0.2, -0.15) is 0 Å². The van der Waals surface area contributed by atoms with Crippen molar-refractivity contribution in [1.82, 2.24) is 19.9 Å². The van der Waals surface area contributed by atoms with E-state index < -0.39 is 6.67 Å². The van der Waals surface area contributed by atoms with Gasteiger partial charge in [0.25, 0.3) is 0 Å². The predicted octanol–water partition coefficient (Wildman–Crippen LogP) is 4.41. The van der Waals surface area contributed by atoms with Gasteiger partial charge < -0.3 is 4.90 Å². The predicted molar refractivity (Wildman–Crippen MR) is 102 cm³/mol. The van der Waals surface area contributed by atoms with Gasteiger partial charge in [0, 0.05) is 11.4 Å². The van der Waals surface area contributed by atoms with Gasteiger partial charge in [0.1, 0.15) is 12.4 Å². The summed E-state index contributed by atoms with van der Waals surface area (Å²) < 4.78 is 14.8. The third kappa shape index (κ3) is 2.87. The molecule has 0 N–H and O–H groups in total. The van der Waals surface area contributed by atoms with Crippen LogP contribution in [0.15, 0.2) is 42.6 Å². The summed E-state index contributed by atoms with van der Waals surface area (Å²) in [5.41, 5.74) is 2.77. The van der Waals surface area contributed by atoms with Crippen LogP contribution in [-0.2, 0) is 6.67 Å². The molecule has 3 aromatic rings. The lowest BCUT2D eigenvalue weighted by molar-refractivity contribution is 0.0504. The Labute approximate surface area is 156 Å². The number of thiophene rings is 1. The first kappa shape index (κ1) is 16.1. The minimum atomic E-state index is -0.418. The van der Waals surface area contributed by atoms with Gasteiger partial charge in [-0.05, 0) is 55.1 Å². The molecule has 1 atom stereocenters. The number of aromatic nitrogens is 3. The van der Waals surface area contributed by atoms with E-state index in [0.29, 0.717) is 11.6 Å². The summed E-state index contributed by atoms with van der Waals surface area (Å²) >= 11 is 1.71. The van der Waals surface area contributed by atoms with E-state index in [-0.39, 0.29) is 0 Å². The molecule has 3 saturated heterocycles. The van der Waals surface area contributed by atoms with Crippen LogP contribution in [0.25, 0.3) is 21.0 Å². The Balaban J connectivity index is 1.37. The molecule has 0 saturated carbocycles. The first-order chi connectivity index (χ1) is 12.8. The van der Waals surface area contributed by atoms with Crippen molar-refractivity contribution in [2.45, 2.75) is 25.6 Å². The summed E-state index contributed by atoms with van der Waals surface area (Å²) in [5.74, 6) is 0.738. The van der Waals surface area contributed by atoms with Crippen LogP contribution >= 0.6 is 11.3 Å². The zero-order valence-electron chi connectivity index (χ0n) is 14.5. The van der Waals surface area contributed by atoms with Crippen molar-refractivity contribution in [2.24, 2.45) is 5.92 Å². The summed E-state index contributed by atoms with van der Waals surface area (Å²) in [6.07, 6.45) is 4.66. The van der Waals surface area contributed by atoms with Gasteiger partial charge in [-0.1, -0.05) is 29.5 Å². The van der Waals surface area contributed by atoms with Gasteiger partial charge in [-0.3, -0.25) is 0 Å². The van der Waals surface area contributed by atoms with Crippen LogP contribution in [0.2, 0.25) is 0 Å². The maximum Gasteiger partial charge on any atom is 0.123 e. The lowest BCUT2D eigenvalue weighted by Gasteiger charge is -2.44. The summed E-state index contributed by atoms with van der Waals surface area (Å²) in [5, 5.41) is 8.88. The van der Waals surface area contributed by atoms with Crippen LogP contribution in [0.5, 0.6) is 0 Å². The number of nitrogens with zero attached hydrogens (tertiary/aromatic N) is 4. The van der Waals surface area contributed by atoms with Crippen molar-refractivity contribution in [2.75, 3.05) is 19.6 Å². The molecule has 26 heavy (non-hydrogen) atoms. The molecule has 3 fully saturated rings. The van der Waals surface area contributed by atoms with E-state index in [9.17, 15) is 4.39 Å². The number of fused-ring (bicyclic) bond motifs is 3. The van der Waals surface area contributed by atoms with Crippen molar-refractivity contribution in [1.29, 1.82) is 0 Å². The molecule has 0 radical (unpaired) electrons. The SMILES string of the molecule is [18F]Cc1ccc(-c2ccc(-c3cn([C@H]4CN5CCC4CC5)nn3)s2)cc1. The van der Waals surface area contributed by atoms with Crippen molar-refractivity contribution in [3.8, 4) is 21.0 Å². The second-order valence-electron chi connectivity index (χ2n) is 7.28. The van der Waals surface area contributed by atoms with Crippen LogP contribution in [0.1, 0.15) is 24.4 Å². The van der Waals surface area contributed by atoms with Gasteiger partial charge in [-0.15, -0.1) is 16.4 Å². The lowest BCUT2D eigenvalue weighted by atomic mass is 9.84. The van der Waals surface area contributed by atoms with Crippen molar-refractivity contribution in [3.63, 3.8) is 0 Å². The zero-order chi connectivity index (χ0) is 17.5. The Morgan fingerprint density at radius 3 is 2.50 bits per heavy atom. The van der Waals surface area contributed by atoms with Gasteiger partial charge in [-0.25, -0.2) is 9.07 Å². The van der Waals surface area contributed by atoms with Crippen molar-refractivity contribution < 1.29 is 4.39 Å². The molecule has 2 bridgehead atoms. The average Bonchev–Trinajstić information content (AvgIpc) is 3.38. The molecule has 1 aromatic carbocycles. The highest BCUT2D eigenvalue weighted by Gasteiger charge is 2.35. The minimum Gasteiger partial charge on any atom is -0.301 e. The fraction of sp³-hybridized carbons (Fsp3) is 0.400. The molecule has 134 valence electrons. The molecular formula is C20H21FN4S. The fourth-order valence-electron chi connectivity index (χ4n) is 4.17. The van der Waals surface area contributed by atoms with E-state index in [4.69, 9.17) is 0 Å². The van der Waals surface area contributed by atoms with E-state index in [0.717, 1.165) is 28.6 Å². The van der Waals surface area contributed by atoms with Crippen LogP contribution in [-0.4, -0.2) is 39.5 Å². The smallest absolute Gasteiger partial charge is 0.123 e. The fourth-order valence-corrected chi connectivity index (χ4v) is 5.14. The molecule has 0 spiro atoms.